The number of hydrogen-bond donors (Lipinski definition) is 0. The van der Waals surface area contributed by atoms with Gasteiger partial charge in [-0.15, -0.1) is 0 Å². The first-order valence-electron chi connectivity index (χ1n) is 19.7. The Morgan fingerprint density at radius 1 is 0.700 bits per heavy atom. The number of cyclic esters (lactones) is 1. The molecule has 0 amide bonds. The summed E-state index contributed by atoms with van der Waals surface area (Å²) in [4.78, 5) is 66.2. The van der Waals surface area contributed by atoms with Crippen LogP contribution in [0.15, 0.2) is 85.0 Å². The van der Waals surface area contributed by atoms with Crippen molar-refractivity contribution in [1.29, 1.82) is 0 Å². The third-order valence-corrected chi connectivity index (χ3v) is 15.7. The maximum Gasteiger partial charge on any atom is 0.330 e. The molecule has 3 heterocycles. The Labute approximate surface area is 373 Å². The number of allylic oxidation sites excluding steroid dienone is 2. The molecule has 0 saturated heterocycles. The molecule has 2 aliphatic rings. The predicted octanol–water partition coefficient (Wildman–Crippen LogP) is 11.7. The molecule has 0 bridgehead atoms. The lowest BCUT2D eigenvalue weighted by Crippen LogP contribution is -2.28. The van der Waals surface area contributed by atoms with E-state index in [4.69, 9.17) is 48.1 Å². The van der Waals surface area contributed by atoms with Crippen LogP contribution < -0.4 is 9.47 Å². The zero-order valence-electron chi connectivity index (χ0n) is 32.8. The Hall–Kier alpha value is -4.19. The Kier molecular flexibility index (Phi) is 17.1. The number of carbonyl (C=O) groups is 5. The lowest BCUT2D eigenvalue weighted by Gasteiger charge is -2.25. The monoisotopic (exact) mass is 924 g/mol. The Morgan fingerprint density at radius 2 is 1.23 bits per heavy atom. The van der Waals surface area contributed by atoms with Gasteiger partial charge in [0.1, 0.15) is 31.4 Å². The van der Waals surface area contributed by atoms with E-state index >= 15 is 0 Å². The molecule has 4 aromatic rings. The van der Waals surface area contributed by atoms with Crippen LogP contribution in [0.2, 0.25) is 0 Å². The van der Waals surface area contributed by atoms with Crippen LogP contribution in [0.1, 0.15) is 77.6 Å². The summed E-state index contributed by atoms with van der Waals surface area (Å²) in [6, 6.07) is 18.3. The van der Waals surface area contributed by atoms with Crippen molar-refractivity contribution < 1.29 is 47.7 Å². The van der Waals surface area contributed by atoms with Crippen LogP contribution in [0.25, 0.3) is 20.9 Å². The number of hydrogen-bond acceptors (Lipinski definition) is 16. The lowest BCUT2D eigenvalue weighted by atomic mass is 9.89. The molecule has 0 radical (unpaired) electrons. The van der Waals surface area contributed by atoms with E-state index in [1.807, 2.05) is 43.3 Å². The van der Waals surface area contributed by atoms with Crippen LogP contribution in [0.5, 0.6) is 11.5 Å². The van der Waals surface area contributed by atoms with Crippen LogP contribution in [-0.2, 0) is 38.2 Å². The summed E-state index contributed by atoms with van der Waals surface area (Å²) >= 11 is 10.4. The average molecular weight is 925 g/mol. The number of carbonyl (C=O) groups excluding carboxylic acids is 5. The van der Waals surface area contributed by atoms with Gasteiger partial charge in [-0.2, -0.15) is 0 Å². The van der Waals surface area contributed by atoms with Crippen LogP contribution in [0.4, 0.5) is 0 Å². The van der Waals surface area contributed by atoms with Crippen molar-refractivity contribution in [1.82, 2.24) is 0 Å². The van der Waals surface area contributed by atoms with E-state index in [1.165, 1.54) is 26.8 Å². The summed E-state index contributed by atoms with van der Waals surface area (Å²) in [5, 5.41) is 0. The highest BCUT2D eigenvalue weighted by molar-refractivity contribution is 7.80. The van der Waals surface area contributed by atoms with Gasteiger partial charge in [0.05, 0.1) is 6.10 Å². The molecule has 316 valence electrons. The molecule has 10 nitrogen and oxygen atoms in total. The normalized spacial score (nSPS) is 21.5. The number of benzene rings is 2. The molecule has 5 atom stereocenters. The lowest BCUT2D eigenvalue weighted by molar-refractivity contribution is -0.152. The van der Waals surface area contributed by atoms with E-state index in [9.17, 15) is 24.0 Å². The van der Waals surface area contributed by atoms with Crippen LogP contribution in [0.3, 0.4) is 0 Å². The molecule has 0 unspecified atom stereocenters. The second-order valence-electron chi connectivity index (χ2n) is 14.5. The second-order valence-corrected chi connectivity index (χ2v) is 20.3. The van der Waals surface area contributed by atoms with E-state index in [0.717, 1.165) is 41.4 Å². The molecule has 0 spiro atoms. The minimum absolute atomic E-state index is 0.00173. The Balaban J connectivity index is 0.992. The van der Waals surface area contributed by atoms with Crippen molar-refractivity contribution in [3.63, 3.8) is 0 Å². The van der Waals surface area contributed by atoms with Crippen molar-refractivity contribution in [3.8, 4) is 32.4 Å². The van der Waals surface area contributed by atoms with Gasteiger partial charge in [-0.1, -0.05) is 77.9 Å². The third-order valence-electron chi connectivity index (χ3n) is 9.90. The Bertz CT molecular complexity index is 2280. The van der Waals surface area contributed by atoms with Crippen molar-refractivity contribution >= 4 is 95.6 Å². The molecular formula is C44H44O10S6. The minimum Gasteiger partial charge on any atom is -0.462 e. The third kappa shape index (κ3) is 14.2. The molecule has 0 N–H and O–H groups in total. The fraction of sp³-hybridized carbons (Fsp3) is 0.386. The SMILES string of the molecule is C[C@H]1CCC/C=C/[C@@H]2C[C@H](OC(=O)CCCC(=O)Oc3ccc(-c4cc(=S)ss4)cc3)C[C@H]2[C@H](OC(=O)CCCC(=O)Oc2ccc(-c3cc(=S)ss3)cc2)/C=C/C(=O)O1. The van der Waals surface area contributed by atoms with Gasteiger partial charge in [0.15, 0.2) is 0 Å². The molecule has 60 heavy (non-hydrogen) atoms. The maximum absolute atomic E-state index is 13.2. The number of ether oxygens (including phenoxy) is 5. The van der Waals surface area contributed by atoms with Gasteiger partial charge in [-0.25, -0.2) is 4.79 Å². The van der Waals surface area contributed by atoms with Crippen LogP contribution >= 0.6 is 65.8 Å². The summed E-state index contributed by atoms with van der Waals surface area (Å²) in [6.45, 7) is 1.84. The molecule has 1 saturated carbocycles. The van der Waals surface area contributed by atoms with Gasteiger partial charge >= 0.3 is 29.8 Å². The first-order chi connectivity index (χ1) is 29.0. The number of esters is 5. The summed E-state index contributed by atoms with van der Waals surface area (Å²) in [7, 11) is 6.24. The largest absolute Gasteiger partial charge is 0.462 e. The van der Waals surface area contributed by atoms with Gasteiger partial charge in [0.2, 0.25) is 0 Å². The van der Waals surface area contributed by atoms with E-state index in [1.54, 1.807) is 51.0 Å². The molecule has 6 rings (SSSR count). The standard InChI is InChI=1S/C44H44O10S6/c1-27-7-3-2-4-8-30-23-33(53-40(47)11-5-9-38(45)51-31-17-13-28(14-18-31)36-25-43(55)59-57-36)24-34(30)35(21-22-42(49)50-27)54-41(48)12-6-10-39(46)52-32-19-15-29(16-20-32)37-26-44(56)60-58-37/h4,8,13-22,25-27,30,33-35H,2-3,5-7,9-12,23-24H2,1H3/b8-4+,22-21+/t27-,30+,33-,34+,35+/m0/s1. The number of fused-ring (bicyclic) bond motifs is 1. The van der Waals surface area contributed by atoms with Crippen molar-refractivity contribution in [2.24, 2.45) is 11.8 Å². The van der Waals surface area contributed by atoms with Gasteiger partial charge < -0.3 is 23.7 Å². The quantitative estimate of drug-likeness (QED) is 0.0298. The maximum atomic E-state index is 13.2. The molecule has 1 aliphatic carbocycles. The van der Waals surface area contributed by atoms with Gasteiger partial charge in [0.25, 0.3) is 0 Å². The highest BCUT2D eigenvalue weighted by Crippen LogP contribution is 2.40. The fourth-order valence-corrected chi connectivity index (χ4v) is 11.8. The molecule has 1 aliphatic heterocycles. The van der Waals surface area contributed by atoms with Crippen molar-refractivity contribution in [2.75, 3.05) is 0 Å². The van der Waals surface area contributed by atoms with E-state index in [2.05, 4.69) is 12.2 Å². The topological polar surface area (TPSA) is 132 Å². The van der Waals surface area contributed by atoms with Crippen molar-refractivity contribution in [3.05, 3.63) is 92.6 Å². The average Bonchev–Trinajstić information content (AvgIpc) is 3.96. The number of rotatable bonds is 14. The van der Waals surface area contributed by atoms with E-state index in [-0.39, 0.29) is 56.5 Å². The minimum atomic E-state index is -0.820. The van der Waals surface area contributed by atoms with Crippen LogP contribution in [0, 0.1) is 19.5 Å². The highest BCUT2D eigenvalue weighted by Gasteiger charge is 2.40. The van der Waals surface area contributed by atoms with Gasteiger partial charge in [0, 0.05) is 47.4 Å². The summed E-state index contributed by atoms with van der Waals surface area (Å²) in [5.41, 5.74) is 1.97. The molecule has 16 heteroatoms. The molecule has 2 aromatic heterocycles. The second kappa shape index (κ2) is 22.6. The predicted molar refractivity (Wildman–Crippen MR) is 240 cm³/mol. The Morgan fingerprint density at radius 3 is 1.77 bits per heavy atom. The summed E-state index contributed by atoms with van der Waals surface area (Å²) in [6.07, 6.45) is 9.08. The zero-order chi connectivity index (χ0) is 42.4. The first kappa shape index (κ1) is 45.3. The highest BCUT2D eigenvalue weighted by atomic mass is 32.9. The smallest absolute Gasteiger partial charge is 0.330 e. The van der Waals surface area contributed by atoms with E-state index in [0.29, 0.717) is 30.8 Å². The summed E-state index contributed by atoms with van der Waals surface area (Å²) < 4.78 is 30.0. The summed E-state index contributed by atoms with van der Waals surface area (Å²) in [5.74, 6) is -2.03. The first-order valence-corrected chi connectivity index (χ1v) is 24.9. The molecular weight excluding hydrogens is 881 g/mol. The molecule has 2 aromatic carbocycles. The van der Waals surface area contributed by atoms with Crippen molar-refractivity contribution in [2.45, 2.75) is 95.9 Å². The van der Waals surface area contributed by atoms with Gasteiger partial charge in [-0.3, -0.25) is 19.2 Å². The van der Waals surface area contributed by atoms with E-state index < -0.39 is 42.1 Å². The zero-order valence-corrected chi connectivity index (χ0v) is 37.7. The van der Waals surface area contributed by atoms with Crippen LogP contribution in [-0.4, -0.2) is 48.2 Å². The molecule has 1 fully saturated rings. The van der Waals surface area contributed by atoms with Gasteiger partial charge in [-0.05, 0) is 136 Å². The fourth-order valence-electron chi connectivity index (χ4n) is 6.98.